The van der Waals surface area contributed by atoms with Crippen molar-refractivity contribution in [2.24, 2.45) is 0 Å². The number of rotatable bonds is 3. The van der Waals surface area contributed by atoms with Gasteiger partial charge in [-0.15, -0.1) is 0 Å². The summed E-state index contributed by atoms with van der Waals surface area (Å²) in [5.41, 5.74) is -0.398. The fraction of sp³-hybridized carbons (Fsp3) is 0.647. The minimum Gasteiger partial charge on any atom is -0.387 e. The van der Waals surface area contributed by atoms with Crippen molar-refractivity contribution in [3.63, 3.8) is 0 Å². The summed E-state index contributed by atoms with van der Waals surface area (Å²) in [6.45, 7) is 1.69. The summed E-state index contributed by atoms with van der Waals surface area (Å²) in [5.74, 6) is 0. The Balaban J connectivity index is 1.70. The Hall–Kier alpha value is -1.11. The van der Waals surface area contributed by atoms with Crippen molar-refractivity contribution in [2.75, 3.05) is 19.7 Å². The molecule has 1 aliphatic heterocycles. The third-order valence-corrected chi connectivity index (χ3v) is 4.85. The molecule has 3 nitrogen and oxygen atoms in total. The summed E-state index contributed by atoms with van der Waals surface area (Å²) in [6, 6.07) is 5.26. The van der Waals surface area contributed by atoms with Crippen LogP contribution in [-0.2, 0) is 10.9 Å². The van der Waals surface area contributed by atoms with Crippen LogP contribution in [-0.4, -0.2) is 41.8 Å². The van der Waals surface area contributed by atoms with Gasteiger partial charge in [0, 0.05) is 19.1 Å². The molecule has 1 aromatic rings. The van der Waals surface area contributed by atoms with Crippen LogP contribution in [0.15, 0.2) is 24.3 Å². The SMILES string of the molecule is O[C@H](CN1CCO[C@@H]2CCCC[C@H]21)c1cccc(C(F)(F)F)c1. The lowest BCUT2D eigenvalue weighted by molar-refractivity contribution is -0.137. The number of halogens is 3. The molecule has 0 amide bonds. The second-order valence-electron chi connectivity index (χ2n) is 6.40. The number of aliphatic hydroxyl groups excluding tert-OH is 1. The van der Waals surface area contributed by atoms with E-state index in [-0.39, 0.29) is 12.1 Å². The van der Waals surface area contributed by atoms with Crippen LogP contribution in [0, 0.1) is 0 Å². The van der Waals surface area contributed by atoms with Crippen molar-refractivity contribution in [3.05, 3.63) is 35.4 Å². The molecule has 2 fully saturated rings. The Labute approximate surface area is 134 Å². The monoisotopic (exact) mass is 329 g/mol. The Morgan fingerprint density at radius 2 is 2.04 bits per heavy atom. The number of nitrogens with zero attached hydrogens (tertiary/aromatic N) is 1. The molecule has 0 radical (unpaired) electrons. The second kappa shape index (κ2) is 6.79. The molecule has 1 aliphatic carbocycles. The van der Waals surface area contributed by atoms with Crippen LogP contribution >= 0.6 is 0 Å². The van der Waals surface area contributed by atoms with E-state index >= 15 is 0 Å². The molecule has 0 spiro atoms. The maximum Gasteiger partial charge on any atom is 0.416 e. The molecule has 0 unspecified atom stereocenters. The zero-order valence-electron chi connectivity index (χ0n) is 12.9. The number of aliphatic hydroxyl groups is 1. The minimum absolute atomic E-state index is 0.200. The Bertz CT molecular complexity index is 533. The lowest BCUT2D eigenvalue weighted by atomic mass is 9.89. The highest BCUT2D eigenvalue weighted by atomic mass is 19.4. The highest BCUT2D eigenvalue weighted by Gasteiger charge is 2.35. The average molecular weight is 329 g/mol. The van der Waals surface area contributed by atoms with Crippen molar-refractivity contribution in [1.29, 1.82) is 0 Å². The maximum absolute atomic E-state index is 12.8. The van der Waals surface area contributed by atoms with Gasteiger partial charge in [-0.3, -0.25) is 4.90 Å². The lowest BCUT2D eigenvalue weighted by Gasteiger charge is -2.44. The summed E-state index contributed by atoms with van der Waals surface area (Å²) >= 11 is 0. The third kappa shape index (κ3) is 3.87. The standard InChI is InChI=1S/C17H22F3NO2/c18-17(19,20)13-5-3-4-12(10-13)15(22)11-21-8-9-23-16-7-2-1-6-14(16)21/h3-5,10,14-16,22H,1-2,6-9,11H2/t14-,15-,16-/m1/s1. The van der Waals surface area contributed by atoms with E-state index in [1.54, 1.807) is 6.07 Å². The van der Waals surface area contributed by atoms with Crippen LogP contribution < -0.4 is 0 Å². The second-order valence-corrected chi connectivity index (χ2v) is 6.40. The molecule has 0 aromatic heterocycles. The summed E-state index contributed by atoms with van der Waals surface area (Å²) in [6.07, 6.45) is -0.750. The van der Waals surface area contributed by atoms with Crippen molar-refractivity contribution in [3.8, 4) is 0 Å². The van der Waals surface area contributed by atoms with Gasteiger partial charge < -0.3 is 9.84 Å². The van der Waals surface area contributed by atoms with E-state index in [1.165, 1.54) is 6.07 Å². The number of benzene rings is 1. The first-order valence-electron chi connectivity index (χ1n) is 8.16. The van der Waals surface area contributed by atoms with Gasteiger partial charge in [-0.2, -0.15) is 13.2 Å². The normalized spacial score (nSPS) is 27.5. The van der Waals surface area contributed by atoms with Crippen LogP contribution in [0.3, 0.4) is 0 Å². The topological polar surface area (TPSA) is 32.7 Å². The third-order valence-electron chi connectivity index (χ3n) is 4.85. The molecule has 0 bridgehead atoms. The van der Waals surface area contributed by atoms with E-state index in [4.69, 9.17) is 4.74 Å². The molecular formula is C17H22F3NO2. The predicted octanol–water partition coefficient (Wildman–Crippen LogP) is 3.38. The highest BCUT2D eigenvalue weighted by Crippen LogP contribution is 2.32. The summed E-state index contributed by atoms with van der Waals surface area (Å²) in [7, 11) is 0. The molecule has 1 saturated heterocycles. The van der Waals surface area contributed by atoms with E-state index in [0.717, 1.165) is 44.4 Å². The average Bonchev–Trinajstić information content (AvgIpc) is 2.54. The van der Waals surface area contributed by atoms with Crippen LogP contribution in [0.5, 0.6) is 0 Å². The predicted molar refractivity (Wildman–Crippen MR) is 80.0 cm³/mol. The van der Waals surface area contributed by atoms with Gasteiger partial charge in [-0.25, -0.2) is 0 Å². The van der Waals surface area contributed by atoms with Crippen LogP contribution in [0.1, 0.15) is 42.9 Å². The van der Waals surface area contributed by atoms with Crippen molar-refractivity contribution in [2.45, 2.75) is 50.1 Å². The van der Waals surface area contributed by atoms with Gasteiger partial charge >= 0.3 is 6.18 Å². The van der Waals surface area contributed by atoms with Crippen molar-refractivity contribution < 1.29 is 23.0 Å². The summed E-state index contributed by atoms with van der Waals surface area (Å²) in [5, 5.41) is 10.4. The molecule has 3 rings (SSSR count). The molecular weight excluding hydrogens is 307 g/mol. The first-order valence-corrected chi connectivity index (χ1v) is 8.16. The number of ether oxygens (including phenoxy) is 1. The van der Waals surface area contributed by atoms with Crippen molar-refractivity contribution >= 4 is 0 Å². The first-order chi connectivity index (χ1) is 10.9. The molecule has 3 atom stereocenters. The lowest BCUT2D eigenvalue weighted by Crippen LogP contribution is -2.53. The van der Waals surface area contributed by atoms with Gasteiger partial charge in [-0.1, -0.05) is 25.0 Å². The highest BCUT2D eigenvalue weighted by molar-refractivity contribution is 5.27. The molecule has 1 heterocycles. The number of hydrogen-bond donors (Lipinski definition) is 1. The van der Waals surface area contributed by atoms with Crippen LogP contribution in [0.4, 0.5) is 13.2 Å². The van der Waals surface area contributed by atoms with Crippen LogP contribution in [0.2, 0.25) is 0 Å². The van der Waals surface area contributed by atoms with Crippen molar-refractivity contribution in [1.82, 2.24) is 4.90 Å². The summed E-state index contributed by atoms with van der Waals surface area (Å²) in [4.78, 5) is 2.18. The fourth-order valence-corrected chi connectivity index (χ4v) is 3.65. The van der Waals surface area contributed by atoms with E-state index in [1.807, 2.05) is 0 Å². The molecule has 128 valence electrons. The quantitative estimate of drug-likeness (QED) is 0.923. The molecule has 1 aromatic carbocycles. The molecule has 1 saturated carbocycles. The zero-order valence-corrected chi connectivity index (χ0v) is 12.9. The van der Waals surface area contributed by atoms with Gasteiger partial charge in [0.2, 0.25) is 0 Å². The molecule has 1 N–H and O–H groups in total. The number of hydrogen-bond acceptors (Lipinski definition) is 3. The number of morpholine rings is 1. The van der Waals surface area contributed by atoms with Gasteiger partial charge in [0.25, 0.3) is 0 Å². The smallest absolute Gasteiger partial charge is 0.387 e. The van der Waals surface area contributed by atoms with E-state index < -0.39 is 17.8 Å². The fourth-order valence-electron chi connectivity index (χ4n) is 3.65. The Kier molecular flexibility index (Phi) is 4.94. The van der Waals surface area contributed by atoms with Gasteiger partial charge in [-0.05, 0) is 30.5 Å². The number of β-amino-alcohol motifs (C(OH)–C–C–N with tert-alkyl or cyclic N) is 1. The zero-order chi connectivity index (χ0) is 16.4. The number of fused-ring (bicyclic) bond motifs is 1. The van der Waals surface area contributed by atoms with E-state index in [9.17, 15) is 18.3 Å². The minimum atomic E-state index is -4.39. The largest absolute Gasteiger partial charge is 0.416 e. The molecule has 23 heavy (non-hydrogen) atoms. The van der Waals surface area contributed by atoms with E-state index in [0.29, 0.717) is 18.7 Å². The maximum atomic E-state index is 12.8. The van der Waals surface area contributed by atoms with E-state index in [2.05, 4.69) is 4.90 Å². The van der Waals surface area contributed by atoms with Gasteiger partial charge in [0.1, 0.15) is 0 Å². The molecule has 2 aliphatic rings. The van der Waals surface area contributed by atoms with Crippen LogP contribution in [0.25, 0.3) is 0 Å². The Morgan fingerprint density at radius 3 is 2.83 bits per heavy atom. The first kappa shape index (κ1) is 16.7. The van der Waals surface area contributed by atoms with Gasteiger partial charge in [0.05, 0.1) is 24.4 Å². The van der Waals surface area contributed by atoms with Gasteiger partial charge in [0.15, 0.2) is 0 Å². The molecule has 6 heteroatoms. The Morgan fingerprint density at radius 1 is 1.26 bits per heavy atom. The number of alkyl halides is 3. The summed E-state index contributed by atoms with van der Waals surface area (Å²) < 4.78 is 44.2.